The van der Waals surface area contributed by atoms with Gasteiger partial charge in [0.1, 0.15) is 11.5 Å². The van der Waals surface area contributed by atoms with Gasteiger partial charge in [0.15, 0.2) is 6.61 Å². The Kier molecular flexibility index (Phi) is 4.72. The van der Waals surface area contributed by atoms with Gasteiger partial charge >= 0.3 is 0 Å². The summed E-state index contributed by atoms with van der Waals surface area (Å²) in [5, 5.41) is 3.49. The molecule has 2 aromatic carbocycles. The minimum Gasteiger partial charge on any atom is -0.493 e. The second-order valence-corrected chi connectivity index (χ2v) is 5.92. The van der Waals surface area contributed by atoms with Crippen LogP contribution in [0.15, 0.2) is 42.5 Å². The van der Waals surface area contributed by atoms with Gasteiger partial charge in [-0.1, -0.05) is 35.9 Å². The highest BCUT2D eigenvalue weighted by Gasteiger charge is 2.22. The third kappa shape index (κ3) is 3.77. The lowest BCUT2D eigenvalue weighted by Gasteiger charge is -2.26. The minimum atomic E-state index is -0.177. The zero-order valence-corrected chi connectivity index (χ0v) is 13.6. The number of hydrogen-bond acceptors (Lipinski definition) is 3. The fraction of sp³-hybridized carbons (Fsp3) is 0.278. The van der Waals surface area contributed by atoms with E-state index in [9.17, 15) is 4.79 Å². The van der Waals surface area contributed by atoms with Crippen molar-refractivity contribution in [2.24, 2.45) is 0 Å². The maximum absolute atomic E-state index is 12.2. The van der Waals surface area contributed by atoms with Crippen LogP contribution < -0.4 is 14.8 Å². The summed E-state index contributed by atoms with van der Waals surface area (Å²) in [4.78, 5) is 12.2. The quantitative estimate of drug-likeness (QED) is 0.930. The number of fused-ring (bicyclic) bond motifs is 1. The number of ether oxygens (including phenoxy) is 2. The smallest absolute Gasteiger partial charge is 0.258 e. The first-order chi connectivity index (χ1) is 11.1. The van der Waals surface area contributed by atoms with Crippen molar-refractivity contribution >= 4 is 17.5 Å². The van der Waals surface area contributed by atoms with Gasteiger partial charge in [-0.3, -0.25) is 4.79 Å². The Labute approximate surface area is 140 Å². The maximum atomic E-state index is 12.2. The highest BCUT2D eigenvalue weighted by Crippen LogP contribution is 2.31. The predicted octanol–water partition coefficient (Wildman–Crippen LogP) is 3.67. The van der Waals surface area contributed by atoms with E-state index in [0.717, 1.165) is 23.3 Å². The number of amides is 1. The summed E-state index contributed by atoms with van der Waals surface area (Å²) in [7, 11) is 0. The van der Waals surface area contributed by atoms with Gasteiger partial charge in [0.2, 0.25) is 0 Å². The molecule has 0 fully saturated rings. The van der Waals surface area contributed by atoms with Gasteiger partial charge in [-0.05, 0) is 30.7 Å². The van der Waals surface area contributed by atoms with Gasteiger partial charge in [-0.15, -0.1) is 0 Å². The monoisotopic (exact) mass is 331 g/mol. The second-order valence-electron chi connectivity index (χ2n) is 5.52. The molecule has 0 unspecified atom stereocenters. The van der Waals surface area contributed by atoms with E-state index in [2.05, 4.69) is 5.32 Å². The first kappa shape index (κ1) is 15.7. The molecule has 0 saturated carbocycles. The topological polar surface area (TPSA) is 47.6 Å². The number of hydrogen-bond donors (Lipinski definition) is 1. The van der Waals surface area contributed by atoms with Crippen molar-refractivity contribution in [3.63, 3.8) is 0 Å². The number of aryl methyl sites for hydroxylation is 1. The lowest BCUT2D eigenvalue weighted by atomic mass is 10.0. The zero-order chi connectivity index (χ0) is 16.2. The number of rotatable bonds is 4. The van der Waals surface area contributed by atoms with E-state index >= 15 is 0 Å². The van der Waals surface area contributed by atoms with Gasteiger partial charge in [0.25, 0.3) is 5.91 Å². The average Bonchev–Trinajstić information content (AvgIpc) is 2.56. The summed E-state index contributed by atoms with van der Waals surface area (Å²) in [6.07, 6.45) is 0.744. The normalized spacial score (nSPS) is 16.2. The molecular formula is C18H18ClNO3. The highest BCUT2D eigenvalue weighted by atomic mass is 35.5. The van der Waals surface area contributed by atoms with E-state index in [4.69, 9.17) is 21.1 Å². The third-order valence-electron chi connectivity index (χ3n) is 3.74. The van der Waals surface area contributed by atoms with Crippen LogP contribution in [0.5, 0.6) is 11.5 Å². The molecule has 3 rings (SSSR count). The first-order valence-electron chi connectivity index (χ1n) is 7.53. The minimum absolute atomic E-state index is 0.0518. The Hall–Kier alpha value is -2.20. The summed E-state index contributed by atoms with van der Waals surface area (Å²) >= 11 is 6.07. The molecule has 1 aliphatic heterocycles. The number of halogens is 1. The van der Waals surface area contributed by atoms with Gasteiger partial charge in [0, 0.05) is 12.0 Å². The lowest BCUT2D eigenvalue weighted by molar-refractivity contribution is -0.124. The van der Waals surface area contributed by atoms with Crippen LogP contribution in [0.25, 0.3) is 0 Å². The molecule has 0 radical (unpaired) electrons. The van der Waals surface area contributed by atoms with Crippen molar-refractivity contribution in [1.29, 1.82) is 0 Å². The molecule has 2 aromatic rings. The van der Waals surface area contributed by atoms with E-state index in [0.29, 0.717) is 17.4 Å². The van der Waals surface area contributed by atoms with E-state index < -0.39 is 0 Å². The highest BCUT2D eigenvalue weighted by molar-refractivity contribution is 6.32. The maximum Gasteiger partial charge on any atom is 0.258 e. The van der Waals surface area contributed by atoms with Crippen molar-refractivity contribution in [2.45, 2.75) is 19.4 Å². The van der Waals surface area contributed by atoms with Crippen LogP contribution in [0, 0.1) is 6.92 Å². The number of carbonyl (C=O) groups is 1. The van der Waals surface area contributed by atoms with Crippen molar-refractivity contribution in [3.8, 4) is 11.5 Å². The van der Waals surface area contributed by atoms with E-state index in [-0.39, 0.29) is 18.6 Å². The molecule has 0 saturated heterocycles. The fourth-order valence-electron chi connectivity index (χ4n) is 2.59. The van der Waals surface area contributed by atoms with Gasteiger partial charge in [0.05, 0.1) is 17.7 Å². The molecule has 5 heteroatoms. The summed E-state index contributed by atoms with van der Waals surface area (Å²) in [5.74, 6) is 1.17. The zero-order valence-electron chi connectivity index (χ0n) is 12.8. The summed E-state index contributed by atoms with van der Waals surface area (Å²) in [5.41, 5.74) is 2.03. The molecule has 1 N–H and O–H groups in total. The molecule has 1 atom stereocenters. The summed E-state index contributed by atoms with van der Waals surface area (Å²) in [6.45, 7) is 2.47. The Balaban J connectivity index is 1.61. The van der Waals surface area contributed by atoms with E-state index in [1.165, 1.54) is 0 Å². The van der Waals surface area contributed by atoms with Crippen LogP contribution in [0.3, 0.4) is 0 Å². The van der Waals surface area contributed by atoms with Crippen LogP contribution in [-0.2, 0) is 4.79 Å². The molecule has 1 heterocycles. The molecule has 0 bridgehead atoms. The number of carbonyl (C=O) groups excluding carboxylic acids is 1. The number of para-hydroxylation sites is 1. The van der Waals surface area contributed by atoms with Gasteiger partial charge < -0.3 is 14.8 Å². The fourth-order valence-corrected chi connectivity index (χ4v) is 2.76. The summed E-state index contributed by atoms with van der Waals surface area (Å²) in [6, 6.07) is 13.2. The van der Waals surface area contributed by atoms with Gasteiger partial charge in [-0.2, -0.15) is 0 Å². The molecule has 0 aliphatic carbocycles. The molecular weight excluding hydrogens is 314 g/mol. The predicted molar refractivity (Wildman–Crippen MR) is 89.1 cm³/mol. The second kappa shape index (κ2) is 6.92. The van der Waals surface area contributed by atoms with Crippen LogP contribution in [0.4, 0.5) is 0 Å². The Morgan fingerprint density at radius 3 is 3.04 bits per heavy atom. The Bertz CT molecular complexity index is 717. The molecule has 1 aliphatic rings. The van der Waals surface area contributed by atoms with Crippen molar-refractivity contribution in [2.75, 3.05) is 13.2 Å². The van der Waals surface area contributed by atoms with Crippen molar-refractivity contribution in [3.05, 3.63) is 58.6 Å². The average molecular weight is 332 g/mol. The molecule has 23 heavy (non-hydrogen) atoms. The largest absolute Gasteiger partial charge is 0.493 e. The SMILES string of the molecule is Cc1ccc(Cl)c(OCC(=O)N[C@@H]2CCOc3ccccc32)c1. The van der Waals surface area contributed by atoms with E-state index in [1.54, 1.807) is 6.07 Å². The number of benzene rings is 2. The van der Waals surface area contributed by atoms with Crippen molar-refractivity contribution in [1.82, 2.24) is 5.32 Å². The first-order valence-corrected chi connectivity index (χ1v) is 7.91. The summed E-state index contributed by atoms with van der Waals surface area (Å²) < 4.78 is 11.1. The standard InChI is InChI=1S/C18H18ClNO3/c1-12-6-7-14(19)17(10-12)23-11-18(21)20-15-8-9-22-16-5-3-2-4-13(15)16/h2-7,10,15H,8-9,11H2,1H3,(H,20,21)/t15-/m1/s1. The lowest BCUT2D eigenvalue weighted by Crippen LogP contribution is -2.35. The van der Waals surface area contributed by atoms with Crippen LogP contribution >= 0.6 is 11.6 Å². The molecule has 120 valence electrons. The van der Waals surface area contributed by atoms with Crippen LogP contribution in [-0.4, -0.2) is 19.1 Å². The van der Waals surface area contributed by atoms with E-state index in [1.807, 2.05) is 43.3 Å². The van der Waals surface area contributed by atoms with Crippen LogP contribution in [0.2, 0.25) is 5.02 Å². The Morgan fingerprint density at radius 1 is 1.35 bits per heavy atom. The van der Waals surface area contributed by atoms with Crippen molar-refractivity contribution < 1.29 is 14.3 Å². The van der Waals surface area contributed by atoms with Gasteiger partial charge in [-0.25, -0.2) is 0 Å². The number of nitrogens with one attached hydrogen (secondary N) is 1. The Morgan fingerprint density at radius 2 is 2.17 bits per heavy atom. The molecule has 0 spiro atoms. The molecule has 4 nitrogen and oxygen atoms in total. The third-order valence-corrected chi connectivity index (χ3v) is 4.05. The molecule has 0 aromatic heterocycles. The van der Waals surface area contributed by atoms with Crippen LogP contribution in [0.1, 0.15) is 23.6 Å². The molecule has 1 amide bonds.